The normalized spacial score (nSPS) is 9.67. The van der Waals surface area contributed by atoms with E-state index < -0.39 is 0 Å². The van der Waals surface area contributed by atoms with Crippen LogP contribution in [0.25, 0.3) is 0 Å². The van der Waals surface area contributed by atoms with Gasteiger partial charge in [-0.05, 0) is 25.4 Å². The Morgan fingerprint density at radius 3 is 2.93 bits per heavy atom. The van der Waals surface area contributed by atoms with Gasteiger partial charge in [-0.1, -0.05) is 6.07 Å². The Bertz CT molecular complexity index is 360. The topological polar surface area (TPSA) is 45.0 Å². The minimum atomic E-state index is 0.572. The molecule has 0 fully saturated rings. The van der Waals surface area contributed by atoms with E-state index in [0.717, 1.165) is 11.4 Å². The molecule has 1 aromatic carbocycles. The first-order valence-corrected chi connectivity index (χ1v) is 5.90. The highest BCUT2D eigenvalue weighted by molar-refractivity contribution is 7.98. The van der Waals surface area contributed by atoms with Crippen LogP contribution in [0.2, 0.25) is 0 Å². The second kappa shape index (κ2) is 6.33. The zero-order chi connectivity index (χ0) is 11.1. The van der Waals surface area contributed by atoms with Crippen molar-refractivity contribution in [2.24, 2.45) is 0 Å². The molecule has 0 atom stereocenters. The first-order chi connectivity index (χ1) is 7.33. The minimum Gasteiger partial charge on any atom is -0.491 e. The maximum Gasteiger partial charge on any atom is 0.138 e. The molecule has 0 aliphatic rings. The van der Waals surface area contributed by atoms with Crippen LogP contribution in [0.1, 0.15) is 5.56 Å². The van der Waals surface area contributed by atoms with E-state index in [1.165, 1.54) is 0 Å². The van der Waals surface area contributed by atoms with Gasteiger partial charge in [-0.2, -0.15) is 5.26 Å². The lowest BCUT2D eigenvalue weighted by Gasteiger charge is -2.09. The fraction of sp³-hybridized carbons (Fsp3) is 0.364. The molecule has 4 heteroatoms. The van der Waals surface area contributed by atoms with Crippen LogP contribution in [0.15, 0.2) is 23.1 Å². The summed E-state index contributed by atoms with van der Waals surface area (Å²) >= 11 is 1.56. The molecule has 3 nitrogen and oxygen atoms in total. The summed E-state index contributed by atoms with van der Waals surface area (Å²) in [5.41, 5.74) is 0.626. The van der Waals surface area contributed by atoms with Crippen LogP contribution < -0.4 is 10.1 Å². The number of ether oxygens (including phenoxy) is 1. The molecule has 80 valence electrons. The van der Waals surface area contributed by atoms with E-state index in [1.807, 2.05) is 31.5 Å². The fourth-order valence-corrected chi connectivity index (χ4v) is 1.74. The number of nitrogens with zero attached hydrogens (tertiary/aromatic N) is 1. The summed E-state index contributed by atoms with van der Waals surface area (Å²) < 4.78 is 5.51. The SMILES string of the molecule is CNCCOc1cccc(SC)c1C#N. The maximum atomic E-state index is 9.03. The summed E-state index contributed by atoms with van der Waals surface area (Å²) in [6.45, 7) is 1.34. The number of thioether (sulfide) groups is 1. The van der Waals surface area contributed by atoms with Crippen molar-refractivity contribution in [1.29, 1.82) is 5.26 Å². The van der Waals surface area contributed by atoms with Gasteiger partial charge in [0, 0.05) is 11.4 Å². The molecule has 0 aliphatic heterocycles. The second-order valence-electron chi connectivity index (χ2n) is 2.90. The van der Waals surface area contributed by atoms with Gasteiger partial charge in [-0.3, -0.25) is 0 Å². The standard InChI is InChI=1S/C11H14N2OS/c1-13-6-7-14-10-4-3-5-11(15-2)9(10)8-12/h3-5,13H,6-7H2,1-2H3. The van der Waals surface area contributed by atoms with E-state index in [-0.39, 0.29) is 0 Å². The van der Waals surface area contributed by atoms with E-state index in [9.17, 15) is 0 Å². The quantitative estimate of drug-likeness (QED) is 0.610. The van der Waals surface area contributed by atoms with Crippen LogP contribution in [0.4, 0.5) is 0 Å². The van der Waals surface area contributed by atoms with E-state index in [1.54, 1.807) is 11.8 Å². The average molecular weight is 222 g/mol. The molecule has 0 amide bonds. The summed E-state index contributed by atoms with van der Waals surface area (Å²) in [6.07, 6.45) is 1.95. The van der Waals surface area contributed by atoms with Crippen molar-refractivity contribution < 1.29 is 4.74 Å². The highest BCUT2D eigenvalue weighted by atomic mass is 32.2. The Labute approximate surface area is 94.4 Å². The maximum absolute atomic E-state index is 9.03. The van der Waals surface area contributed by atoms with Crippen LogP contribution in [-0.2, 0) is 0 Å². The smallest absolute Gasteiger partial charge is 0.138 e. The monoisotopic (exact) mass is 222 g/mol. The van der Waals surface area contributed by atoms with Crippen molar-refractivity contribution in [3.8, 4) is 11.8 Å². The fourth-order valence-electron chi connectivity index (χ4n) is 1.17. The Hall–Kier alpha value is -1.18. The largest absolute Gasteiger partial charge is 0.491 e. The molecule has 1 N–H and O–H groups in total. The van der Waals surface area contributed by atoms with Crippen LogP contribution in [0.3, 0.4) is 0 Å². The Balaban J connectivity index is 2.83. The van der Waals surface area contributed by atoms with Crippen LogP contribution in [0.5, 0.6) is 5.75 Å². The van der Waals surface area contributed by atoms with E-state index in [2.05, 4.69) is 11.4 Å². The summed E-state index contributed by atoms with van der Waals surface area (Å²) in [6, 6.07) is 7.83. The number of hydrogen-bond donors (Lipinski definition) is 1. The number of rotatable bonds is 5. The van der Waals surface area contributed by atoms with Crippen molar-refractivity contribution in [1.82, 2.24) is 5.32 Å². The lowest BCUT2D eigenvalue weighted by molar-refractivity contribution is 0.317. The predicted octanol–water partition coefficient (Wildman–Crippen LogP) is 1.88. The minimum absolute atomic E-state index is 0.572. The van der Waals surface area contributed by atoms with Crippen molar-refractivity contribution in [3.63, 3.8) is 0 Å². The molecule has 0 heterocycles. The second-order valence-corrected chi connectivity index (χ2v) is 3.75. The van der Waals surface area contributed by atoms with Gasteiger partial charge in [-0.15, -0.1) is 11.8 Å². The molecule has 0 bridgehead atoms. The molecule has 0 aliphatic carbocycles. The molecule has 1 rings (SSSR count). The molecular weight excluding hydrogens is 208 g/mol. The highest BCUT2D eigenvalue weighted by Gasteiger charge is 2.07. The number of nitriles is 1. The van der Waals surface area contributed by atoms with E-state index >= 15 is 0 Å². The Morgan fingerprint density at radius 1 is 1.53 bits per heavy atom. The van der Waals surface area contributed by atoms with Gasteiger partial charge < -0.3 is 10.1 Å². The molecule has 0 radical (unpaired) electrons. The lowest BCUT2D eigenvalue weighted by atomic mass is 10.2. The molecule has 0 unspecified atom stereocenters. The lowest BCUT2D eigenvalue weighted by Crippen LogP contribution is -2.16. The zero-order valence-electron chi connectivity index (χ0n) is 8.91. The van der Waals surface area contributed by atoms with Crippen LogP contribution in [-0.4, -0.2) is 26.5 Å². The van der Waals surface area contributed by atoms with E-state index in [4.69, 9.17) is 10.00 Å². The average Bonchev–Trinajstić information content (AvgIpc) is 2.29. The molecular formula is C11H14N2OS. The van der Waals surface area contributed by atoms with Crippen molar-refractivity contribution >= 4 is 11.8 Å². The Kier molecular flexibility index (Phi) is 5.02. The number of likely N-dealkylation sites (N-methyl/N-ethyl adjacent to an activating group) is 1. The predicted molar refractivity (Wildman–Crippen MR) is 62.4 cm³/mol. The first-order valence-electron chi connectivity index (χ1n) is 4.68. The van der Waals surface area contributed by atoms with Crippen molar-refractivity contribution in [2.45, 2.75) is 4.90 Å². The Morgan fingerprint density at radius 2 is 2.33 bits per heavy atom. The summed E-state index contributed by atoms with van der Waals surface area (Å²) in [4.78, 5) is 0.958. The summed E-state index contributed by atoms with van der Waals surface area (Å²) in [5.74, 6) is 0.666. The number of benzene rings is 1. The van der Waals surface area contributed by atoms with Crippen LogP contribution >= 0.6 is 11.8 Å². The third kappa shape index (κ3) is 3.15. The van der Waals surface area contributed by atoms with Gasteiger partial charge >= 0.3 is 0 Å². The van der Waals surface area contributed by atoms with E-state index in [0.29, 0.717) is 17.9 Å². The molecule has 0 spiro atoms. The summed E-state index contributed by atoms with van der Waals surface area (Å²) in [5, 5.41) is 12.0. The van der Waals surface area contributed by atoms with Gasteiger partial charge in [0.1, 0.15) is 24.0 Å². The van der Waals surface area contributed by atoms with Crippen molar-refractivity contribution in [2.75, 3.05) is 26.5 Å². The molecule has 15 heavy (non-hydrogen) atoms. The molecule has 0 saturated heterocycles. The summed E-state index contributed by atoms with van der Waals surface area (Å²) in [7, 11) is 1.87. The molecule has 1 aromatic rings. The van der Waals surface area contributed by atoms with Gasteiger partial charge in [0.2, 0.25) is 0 Å². The van der Waals surface area contributed by atoms with Gasteiger partial charge in [0.15, 0.2) is 0 Å². The first kappa shape index (κ1) is 11.9. The third-order valence-electron chi connectivity index (χ3n) is 1.93. The van der Waals surface area contributed by atoms with Gasteiger partial charge in [-0.25, -0.2) is 0 Å². The van der Waals surface area contributed by atoms with Crippen LogP contribution in [0, 0.1) is 11.3 Å². The highest BCUT2D eigenvalue weighted by Crippen LogP contribution is 2.27. The number of nitrogens with one attached hydrogen (secondary N) is 1. The third-order valence-corrected chi connectivity index (χ3v) is 2.71. The van der Waals surface area contributed by atoms with Gasteiger partial charge in [0.05, 0.1) is 0 Å². The van der Waals surface area contributed by atoms with Gasteiger partial charge in [0.25, 0.3) is 0 Å². The molecule has 0 saturated carbocycles. The molecule has 0 aromatic heterocycles. The zero-order valence-corrected chi connectivity index (χ0v) is 9.73. The number of hydrogen-bond acceptors (Lipinski definition) is 4. The van der Waals surface area contributed by atoms with Crippen molar-refractivity contribution in [3.05, 3.63) is 23.8 Å².